The van der Waals surface area contributed by atoms with Gasteiger partial charge in [-0.3, -0.25) is 71.9 Å². The van der Waals surface area contributed by atoms with Crippen LogP contribution in [-0.4, -0.2) is 235 Å². The summed E-state index contributed by atoms with van der Waals surface area (Å²) in [5.41, 5.74) is 21.9. The third-order valence-corrected chi connectivity index (χ3v) is 13.1. The molecule has 0 radical (unpaired) electrons. The number of primary amides is 1. The van der Waals surface area contributed by atoms with Crippen molar-refractivity contribution >= 4 is 94.8 Å². The molecule has 0 rings (SSSR count). The van der Waals surface area contributed by atoms with Gasteiger partial charge in [0.25, 0.3) is 0 Å². The van der Waals surface area contributed by atoms with Gasteiger partial charge in [0.1, 0.15) is 54.4 Å². The number of aliphatic carboxylic acids is 4. The van der Waals surface area contributed by atoms with Crippen LogP contribution in [0.25, 0.3) is 0 Å². The minimum atomic E-state index is -1.94. The van der Waals surface area contributed by atoms with Crippen molar-refractivity contribution in [3.05, 3.63) is 0 Å². The van der Waals surface area contributed by atoms with E-state index in [4.69, 9.17) is 33.1 Å². The Balaban J connectivity index is 6.21. The minimum absolute atomic E-state index is 0.115. The second-order valence-corrected chi connectivity index (χ2v) is 20.7. The molecule has 504 valence electrons. The van der Waals surface area contributed by atoms with Crippen LogP contribution < -0.4 is 81.4 Å². The molecule has 14 atom stereocenters. The van der Waals surface area contributed by atoms with Crippen LogP contribution in [0.2, 0.25) is 0 Å². The Kier molecular flexibility index (Phi) is 37.4. The first-order valence-electron chi connectivity index (χ1n) is 28.1. The Morgan fingerprint density at radius 3 is 1.16 bits per heavy atom. The number of amides is 12. The van der Waals surface area contributed by atoms with Gasteiger partial charge in [0.15, 0.2) is 0 Å². The van der Waals surface area contributed by atoms with Gasteiger partial charge in [-0.1, -0.05) is 20.3 Å². The molecule has 0 heterocycles. The number of carbonyl (C=O) groups is 16. The smallest absolute Gasteiger partial charge is 0.326 e. The first-order chi connectivity index (χ1) is 41.5. The molecule has 89 heavy (non-hydrogen) atoms. The summed E-state index contributed by atoms with van der Waals surface area (Å²) in [6.45, 7) is 4.49. The fraction of sp³-hybridized carbons (Fsp3) is 0.686. The highest BCUT2D eigenvalue weighted by molar-refractivity contribution is 6.00. The fourth-order valence-electron chi connectivity index (χ4n) is 7.91. The van der Waals surface area contributed by atoms with Crippen LogP contribution in [0.5, 0.6) is 0 Å². The quantitative estimate of drug-likeness (QED) is 0.0252. The highest BCUT2D eigenvalue weighted by atomic mass is 16.4. The molecule has 0 bridgehead atoms. The van der Waals surface area contributed by atoms with Gasteiger partial charge in [0.05, 0.1) is 56.7 Å². The van der Waals surface area contributed by atoms with E-state index in [9.17, 15) is 102 Å². The lowest BCUT2D eigenvalue weighted by molar-refractivity contribution is -0.144. The molecule has 0 aromatic carbocycles. The van der Waals surface area contributed by atoms with E-state index in [-0.39, 0.29) is 45.2 Å². The van der Waals surface area contributed by atoms with Crippen molar-refractivity contribution in [1.82, 2.24) is 58.5 Å². The van der Waals surface area contributed by atoms with Crippen LogP contribution in [-0.2, 0) is 76.7 Å². The summed E-state index contributed by atoms with van der Waals surface area (Å²) < 4.78 is 0. The van der Waals surface area contributed by atoms with Gasteiger partial charge in [0.2, 0.25) is 70.9 Å². The number of nitrogens with one attached hydrogen (secondary N) is 11. The zero-order valence-electron chi connectivity index (χ0n) is 49.9. The highest BCUT2D eigenvalue weighted by Gasteiger charge is 2.39. The average Bonchev–Trinajstić information content (AvgIpc) is 2.24. The van der Waals surface area contributed by atoms with E-state index >= 15 is 0 Å². The number of unbranched alkanes of at least 4 members (excludes halogenated alkanes) is 2. The molecular weight excluding hydrogens is 1190 g/mol. The summed E-state index contributed by atoms with van der Waals surface area (Å²) in [5, 5.41) is 92.9. The molecule has 0 aliphatic carbocycles. The Morgan fingerprint density at radius 2 is 0.764 bits per heavy atom. The maximum atomic E-state index is 13.9. The number of aliphatic hydroxyl groups excluding tert-OH is 3. The Labute approximate surface area is 510 Å². The molecule has 38 heteroatoms. The number of hydrogen-bond acceptors (Lipinski definition) is 22. The number of nitrogens with two attached hydrogens (primary N) is 4. The number of hydrogen-bond donors (Lipinski definition) is 22. The number of carboxylic acids is 4. The fourth-order valence-corrected chi connectivity index (χ4v) is 7.91. The summed E-state index contributed by atoms with van der Waals surface area (Å²) in [5.74, 6) is -20.9. The van der Waals surface area contributed by atoms with E-state index in [0.29, 0.717) is 12.8 Å². The van der Waals surface area contributed by atoms with Crippen molar-refractivity contribution in [2.75, 3.05) is 26.2 Å². The zero-order valence-corrected chi connectivity index (χ0v) is 49.9. The molecule has 0 saturated carbocycles. The van der Waals surface area contributed by atoms with E-state index < -0.39 is 225 Å². The van der Waals surface area contributed by atoms with Crippen LogP contribution in [0, 0.1) is 5.92 Å². The first kappa shape index (κ1) is 80.3. The van der Waals surface area contributed by atoms with Crippen molar-refractivity contribution in [3.8, 4) is 0 Å². The lowest BCUT2D eigenvalue weighted by Gasteiger charge is -2.31. The SMILES string of the molecule is CC[C@H](C)[C@H](NC(=O)[C@@H](NC(=O)CNC(=O)[C@H](CC(N)=O)NC(=O)CNC(=O)[C@H](CC(=O)O)NC(=O)[C@H](CCCCN)NC(=O)[C@@H](N)CC(=O)O)[C@@H](C)O)C(=O)N[C@H](C(=O)N[C@H](C(=O)N[C@@H](CCCCN)C(=O)N[C@@H](CCC(=O)O)C(=O)O)[C@@H](C)O)[C@@H](C)O. The monoisotopic (exact) mass is 1280 g/mol. The molecule has 0 aromatic rings. The first-order valence-corrected chi connectivity index (χ1v) is 28.1. The molecule has 0 aromatic heterocycles. The number of carboxylic acid groups (broad SMARTS) is 4. The van der Waals surface area contributed by atoms with Gasteiger partial charge in [-0.15, -0.1) is 0 Å². The molecule has 38 nitrogen and oxygen atoms in total. The molecular formula is C51H87N15O23. The van der Waals surface area contributed by atoms with Gasteiger partial charge < -0.3 is 117 Å². The number of carbonyl (C=O) groups excluding carboxylic acids is 12. The minimum Gasteiger partial charge on any atom is -0.481 e. The van der Waals surface area contributed by atoms with E-state index in [1.807, 2.05) is 5.32 Å². The highest BCUT2D eigenvalue weighted by Crippen LogP contribution is 2.12. The summed E-state index contributed by atoms with van der Waals surface area (Å²) in [6.07, 6.45) is -8.19. The van der Waals surface area contributed by atoms with E-state index in [1.165, 1.54) is 6.92 Å². The van der Waals surface area contributed by atoms with Gasteiger partial charge in [0, 0.05) is 6.42 Å². The van der Waals surface area contributed by atoms with Crippen molar-refractivity contribution in [3.63, 3.8) is 0 Å². The third kappa shape index (κ3) is 31.7. The Hall–Kier alpha value is -8.72. The van der Waals surface area contributed by atoms with Crippen molar-refractivity contribution in [1.29, 1.82) is 0 Å². The van der Waals surface area contributed by atoms with Gasteiger partial charge in [-0.05, 0) is 84.7 Å². The van der Waals surface area contributed by atoms with Crippen LogP contribution >= 0.6 is 0 Å². The molecule has 0 fully saturated rings. The van der Waals surface area contributed by atoms with E-state index in [2.05, 4.69) is 53.2 Å². The maximum Gasteiger partial charge on any atom is 0.326 e. The maximum absolute atomic E-state index is 13.9. The lowest BCUT2D eigenvalue weighted by Crippen LogP contribution is -2.64. The molecule has 26 N–H and O–H groups in total. The van der Waals surface area contributed by atoms with Crippen molar-refractivity contribution < 1.29 is 112 Å². The topological polar surface area (TPSA) is 651 Å². The van der Waals surface area contributed by atoms with Crippen LogP contribution in [0.3, 0.4) is 0 Å². The standard InChI is InChI=1S/C51H87N15O23/c1-6-22(2)38(47(84)65-41(25(5)69)50(87)66-40(24(4)68)48(85)60-28(12-8-10-16-53)45(82)61-29(51(88)89)13-14-35(73)74)64-49(86)39(23(3)67)63-34(72)21-57-43(80)30(18-32(55)70)58-33(71)20-56-44(81)31(19-37(77)78)62-46(83)27(11-7-9-15-52)59-42(79)26(54)17-36(75)76/h22-31,38-41,67-69H,6-21,52-54H2,1-5H3,(H2,55,70)(H,56,81)(H,57,80)(H,58,71)(H,59,79)(H,60,85)(H,61,82)(H,62,83)(H,63,72)(H,64,86)(H,65,84)(H,66,87)(H,73,74)(H,75,76)(H,77,78)(H,88,89)/t22-,23+,24+,25+,26-,27-,28-,29-,30-,31-,38-,39-,40-,41-/m0/s1. The molecule has 0 saturated heterocycles. The van der Waals surface area contributed by atoms with E-state index in [1.54, 1.807) is 6.92 Å². The Bertz CT molecular complexity index is 2490. The second kappa shape index (κ2) is 41.4. The van der Waals surface area contributed by atoms with E-state index in [0.717, 1.165) is 20.8 Å². The predicted molar refractivity (Wildman–Crippen MR) is 305 cm³/mol. The molecule has 0 aliphatic heterocycles. The largest absolute Gasteiger partial charge is 0.481 e. The summed E-state index contributed by atoms with van der Waals surface area (Å²) >= 11 is 0. The molecule has 0 aliphatic rings. The third-order valence-electron chi connectivity index (χ3n) is 13.1. The average molecular weight is 1280 g/mol. The predicted octanol–water partition coefficient (Wildman–Crippen LogP) is -9.87. The Morgan fingerprint density at radius 1 is 0.393 bits per heavy atom. The van der Waals surface area contributed by atoms with Crippen LogP contribution in [0.1, 0.15) is 112 Å². The number of rotatable bonds is 45. The van der Waals surface area contributed by atoms with Gasteiger partial charge in [-0.2, -0.15) is 0 Å². The number of aliphatic hydroxyl groups is 3. The molecule has 0 spiro atoms. The van der Waals surface area contributed by atoms with Crippen molar-refractivity contribution in [2.45, 2.75) is 190 Å². The lowest BCUT2D eigenvalue weighted by atomic mass is 9.96. The molecule has 0 unspecified atom stereocenters. The van der Waals surface area contributed by atoms with Gasteiger partial charge in [-0.25, -0.2) is 4.79 Å². The summed E-state index contributed by atoms with van der Waals surface area (Å²) in [4.78, 5) is 204. The zero-order chi connectivity index (χ0) is 68.4. The molecule has 12 amide bonds. The van der Waals surface area contributed by atoms with Crippen LogP contribution in [0.4, 0.5) is 0 Å². The van der Waals surface area contributed by atoms with Crippen LogP contribution in [0.15, 0.2) is 0 Å². The van der Waals surface area contributed by atoms with Gasteiger partial charge >= 0.3 is 23.9 Å². The summed E-state index contributed by atoms with van der Waals surface area (Å²) in [6, 6.07) is -17.4. The van der Waals surface area contributed by atoms with Crippen molar-refractivity contribution in [2.24, 2.45) is 28.9 Å². The normalized spacial score (nSPS) is 15.7. The summed E-state index contributed by atoms with van der Waals surface area (Å²) in [7, 11) is 0. The second-order valence-electron chi connectivity index (χ2n) is 20.7.